The number of aromatic nitrogens is 1. The number of ether oxygens (including phenoxy) is 1. The summed E-state index contributed by atoms with van der Waals surface area (Å²) in [6.07, 6.45) is 1.24. The lowest BCUT2D eigenvalue weighted by molar-refractivity contribution is -0.134. The second-order valence-electron chi connectivity index (χ2n) is 6.15. The van der Waals surface area contributed by atoms with E-state index < -0.39 is 0 Å². The SMILES string of the molecule is Cc1ccc(C=O)c(-c2ccc(CC(=O)N3CCOCC3)n2C)c1. The summed E-state index contributed by atoms with van der Waals surface area (Å²) in [6.45, 7) is 4.53. The first-order valence-corrected chi connectivity index (χ1v) is 8.16. The molecule has 1 aliphatic rings. The van der Waals surface area contributed by atoms with Gasteiger partial charge in [-0.3, -0.25) is 9.59 Å². The number of hydrogen-bond acceptors (Lipinski definition) is 3. The van der Waals surface area contributed by atoms with Gasteiger partial charge in [0.1, 0.15) is 0 Å². The van der Waals surface area contributed by atoms with E-state index in [0.717, 1.165) is 28.8 Å². The van der Waals surface area contributed by atoms with E-state index >= 15 is 0 Å². The predicted octanol–water partition coefficient (Wildman–Crippen LogP) is 2.21. The molecule has 0 atom stereocenters. The van der Waals surface area contributed by atoms with Crippen LogP contribution in [-0.2, 0) is 23.0 Å². The Balaban J connectivity index is 1.85. The molecule has 1 saturated heterocycles. The molecule has 5 nitrogen and oxygen atoms in total. The Labute approximate surface area is 141 Å². The summed E-state index contributed by atoms with van der Waals surface area (Å²) in [4.78, 5) is 25.6. The Bertz CT molecular complexity index is 758. The fourth-order valence-electron chi connectivity index (χ4n) is 3.08. The average Bonchev–Trinajstić information content (AvgIpc) is 2.96. The number of carbonyl (C=O) groups excluding carboxylic acids is 2. The number of carbonyl (C=O) groups is 2. The lowest BCUT2D eigenvalue weighted by atomic mass is 10.0. The van der Waals surface area contributed by atoms with Crippen LogP contribution in [0.5, 0.6) is 0 Å². The van der Waals surface area contributed by atoms with Crippen molar-refractivity contribution in [3.63, 3.8) is 0 Å². The number of benzene rings is 1. The maximum atomic E-state index is 12.4. The summed E-state index contributed by atoms with van der Waals surface area (Å²) in [7, 11) is 1.94. The Hall–Kier alpha value is -2.40. The number of aryl methyl sites for hydroxylation is 1. The van der Waals surface area contributed by atoms with E-state index in [1.165, 1.54) is 0 Å². The van der Waals surface area contributed by atoms with Crippen molar-refractivity contribution in [2.24, 2.45) is 7.05 Å². The first-order valence-electron chi connectivity index (χ1n) is 8.16. The highest BCUT2D eigenvalue weighted by Crippen LogP contribution is 2.26. The molecule has 0 saturated carbocycles. The van der Waals surface area contributed by atoms with Crippen molar-refractivity contribution in [3.8, 4) is 11.3 Å². The summed E-state index contributed by atoms with van der Waals surface area (Å²) in [5.74, 6) is 0.117. The Morgan fingerprint density at radius 2 is 1.96 bits per heavy atom. The van der Waals surface area contributed by atoms with Gasteiger partial charge in [0.2, 0.25) is 5.91 Å². The van der Waals surface area contributed by atoms with Crippen LogP contribution in [0, 0.1) is 6.92 Å². The lowest BCUT2D eigenvalue weighted by Gasteiger charge is -2.27. The van der Waals surface area contributed by atoms with Crippen LogP contribution in [0.3, 0.4) is 0 Å². The fraction of sp³-hybridized carbons (Fsp3) is 0.368. The van der Waals surface area contributed by atoms with Crippen LogP contribution in [-0.4, -0.2) is 48.0 Å². The van der Waals surface area contributed by atoms with Gasteiger partial charge in [0.05, 0.1) is 19.6 Å². The molecule has 0 spiro atoms. The zero-order valence-corrected chi connectivity index (χ0v) is 14.1. The van der Waals surface area contributed by atoms with Crippen molar-refractivity contribution in [2.75, 3.05) is 26.3 Å². The molecule has 3 rings (SSSR count). The Morgan fingerprint density at radius 3 is 2.67 bits per heavy atom. The van der Waals surface area contributed by atoms with Gasteiger partial charge in [0.15, 0.2) is 6.29 Å². The molecule has 2 aromatic rings. The molecule has 0 aliphatic carbocycles. The predicted molar refractivity (Wildman–Crippen MR) is 92.1 cm³/mol. The Morgan fingerprint density at radius 1 is 1.21 bits per heavy atom. The summed E-state index contributed by atoms with van der Waals surface area (Å²) in [5, 5.41) is 0. The van der Waals surface area contributed by atoms with E-state index in [4.69, 9.17) is 4.74 Å². The topological polar surface area (TPSA) is 51.5 Å². The van der Waals surface area contributed by atoms with Gasteiger partial charge in [-0.1, -0.05) is 17.7 Å². The third-order valence-electron chi connectivity index (χ3n) is 4.53. The minimum atomic E-state index is 0.117. The number of nitrogens with zero attached hydrogens (tertiary/aromatic N) is 2. The number of morpholine rings is 1. The van der Waals surface area contributed by atoms with Gasteiger partial charge in [-0.2, -0.15) is 0 Å². The van der Waals surface area contributed by atoms with Gasteiger partial charge in [-0.15, -0.1) is 0 Å². The highest BCUT2D eigenvalue weighted by molar-refractivity contribution is 5.87. The fourth-order valence-corrected chi connectivity index (χ4v) is 3.08. The molecule has 126 valence electrons. The molecule has 1 aromatic carbocycles. The normalized spacial score (nSPS) is 14.7. The minimum absolute atomic E-state index is 0.117. The quantitative estimate of drug-likeness (QED) is 0.810. The molecule has 0 bridgehead atoms. The monoisotopic (exact) mass is 326 g/mol. The standard InChI is InChI=1S/C19H22N2O3/c1-14-3-4-15(13-22)17(11-14)18-6-5-16(20(18)2)12-19(23)21-7-9-24-10-8-21/h3-6,11,13H,7-10,12H2,1-2H3. The smallest absolute Gasteiger partial charge is 0.228 e. The summed E-state index contributed by atoms with van der Waals surface area (Å²) < 4.78 is 7.29. The molecule has 0 unspecified atom stereocenters. The second-order valence-corrected chi connectivity index (χ2v) is 6.15. The van der Waals surface area contributed by atoms with Crippen LogP contribution in [0.15, 0.2) is 30.3 Å². The van der Waals surface area contributed by atoms with Gasteiger partial charge in [0.25, 0.3) is 0 Å². The summed E-state index contributed by atoms with van der Waals surface area (Å²) in [6, 6.07) is 9.71. The van der Waals surface area contributed by atoms with E-state index in [0.29, 0.717) is 38.3 Å². The molecule has 5 heteroatoms. The van der Waals surface area contributed by atoms with Gasteiger partial charge in [-0.25, -0.2) is 0 Å². The third-order valence-corrected chi connectivity index (χ3v) is 4.53. The molecule has 2 heterocycles. The first-order chi connectivity index (χ1) is 11.6. The van der Waals surface area contributed by atoms with Crippen LogP contribution >= 0.6 is 0 Å². The molecular weight excluding hydrogens is 304 g/mol. The average molecular weight is 326 g/mol. The molecule has 0 radical (unpaired) electrons. The van der Waals surface area contributed by atoms with Crippen molar-refractivity contribution < 1.29 is 14.3 Å². The van der Waals surface area contributed by atoms with Crippen molar-refractivity contribution in [1.82, 2.24) is 9.47 Å². The lowest BCUT2D eigenvalue weighted by Crippen LogP contribution is -2.41. The molecule has 1 fully saturated rings. The summed E-state index contributed by atoms with van der Waals surface area (Å²) in [5.41, 5.74) is 4.55. The van der Waals surface area contributed by atoms with Gasteiger partial charge in [-0.05, 0) is 25.1 Å². The minimum Gasteiger partial charge on any atom is -0.378 e. The van der Waals surface area contributed by atoms with E-state index in [1.54, 1.807) is 0 Å². The van der Waals surface area contributed by atoms with Gasteiger partial charge in [0, 0.05) is 42.7 Å². The van der Waals surface area contributed by atoms with Crippen molar-refractivity contribution in [2.45, 2.75) is 13.3 Å². The van der Waals surface area contributed by atoms with Crippen LogP contribution in [0.2, 0.25) is 0 Å². The summed E-state index contributed by atoms with van der Waals surface area (Å²) >= 11 is 0. The highest BCUT2D eigenvalue weighted by atomic mass is 16.5. The number of aldehydes is 1. The molecule has 1 aliphatic heterocycles. The van der Waals surface area contributed by atoms with Crippen LogP contribution < -0.4 is 0 Å². The van der Waals surface area contributed by atoms with Crippen LogP contribution in [0.1, 0.15) is 21.6 Å². The zero-order chi connectivity index (χ0) is 17.1. The van der Waals surface area contributed by atoms with Crippen molar-refractivity contribution in [3.05, 3.63) is 47.2 Å². The van der Waals surface area contributed by atoms with Gasteiger partial charge >= 0.3 is 0 Å². The first kappa shape index (κ1) is 16.5. The largest absolute Gasteiger partial charge is 0.378 e. The highest BCUT2D eigenvalue weighted by Gasteiger charge is 2.19. The van der Waals surface area contributed by atoms with Crippen molar-refractivity contribution >= 4 is 12.2 Å². The van der Waals surface area contributed by atoms with E-state index in [2.05, 4.69) is 0 Å². The maximum absolute atomic E-state index is 12.4. The van der Waals surface area contributed by atoms with Crippen LogP contribution in [0.4, 0.5) is 0 Å². The molecular formula is C19H22N2O3. The third kappa shape index (κ3) is 3.26. The molecule has 1 amide bonds. The van der Waals surface area contributed by atoms with Crippen LogP contribution in [0.25, 0.3) is 11.3 Å². The molecule has 1 aromatic heterocycles. The van der Waals surface area contributed by atoms with E-state index in [9.17, 15) is 9.59 Å². The Kier molecular flexibility index (Phi) is 4.81. The molecule has 0 N–H and O–H groups in total. The second kappa shape index (κ2) is 7.01. The van der Waals surface area contributed by atoms with Crippen molar-refractivity contribution in [1.29, 1.82) is 0 Å². The van der Waals surface area contributed by atoms with Gasteiger partial charge < -0.3 is 14.2 Å². The zero-order valence-electron chi connectivity index (χ0n) is 14.1. The maximum Gasteiger partial charge on any atom is 0.228 e. The number of rotatable bonds is 4. The molecule has 24 heavy (non-hydrogen) atoms. The van der Waals surface area contributed by atoms with E-state index in [1.807, 2.05) is 53.8 Å². The number of hydrogen-bond donors (Lipinski definition) is 0. The van der Waals surface area contributed by atoms with E-state index in [-0.39, 0.29) is 5.91 Å². The number of amides is 1.